The molecule has 5 heteroatoms. The summed E-state index contributed by atoms with van der Waals surface area (Å²) < 4.78 is 0. The van der Waals surface area contributed by atoms with Crippen LogP contribution in [0.5, 0.6) is 0 Å². The van der Waals surface area contributed by atoms with Gasteiger partial charge in [0, 0.05) is 18.4 Å². The summed E-state index contributed by atoms with van der Waals surface area (Å²) in [7, 11) is 0. The number of carbonyl (C=O) groups is 1. The lowest BCUT2D eigenvalue weighted by atomic mass is 9.86. The Hall–Kier alpha value is -2.55. The van der Waals surface area contributed by atoms with E-state index in [4.69, 9.17) is 0 Å². The SMILES string of the molecule is Cc1ccc([C@H]2CC(=O)N3CN([C@@H](C)c4ccccc4)CSC3=C2C#N)cc1. The minimum Gasteiger partial charge on any atom is -0.292 e. The second-order valence-electron chi connectivity index (χ2n) is 7.41. The molecule has 2 aliphatic rings. The average Bonchev–Trinajstić information content (AvgIpc) is 2.74. The van der Waals surface area contributed by atoms with Crippen molar-refractivity contribution < 1.29 is 4.79 Å². The Morgan fingerprint density at radius 2 is 1.86 bits per heavy atom. The molecule has 4 rings (SSSR count). The zero-order valence-electron chi connectivity index (χ0n) is 16.1. The quantitative estimate of drug-likeness (QED) is 0.759. The van der Waals surface area contributed by atoms with Gasteiger partial charge in [0.2, 0.25) is 5.91 Å². The van der Waals surface area contributed by atoms with Gasteiger partial charge in [-0.15, -0.1) is 0 Å². The van der Waals surface area contributed by atoms with Crippen LogP contribution in [0.1, 0.15) is 42.0 Å². The highest BCUT2D eigenvalue weighted by Crippen LogP contribution is 2.43. The zero-order valence-corrected chi connectivity index (χ0v) is 16.9. The van der Waals surface area contributed by atoms with E-state index in [1.807, 2.05) is 49.4 Å². The van der Waals surface area contributed by atoms with Crippen LogP contribution in [0, 0.1) is 18.3 Å². The van der Waals surface area contributed by atoms with E-state index in [1.54, 1.807) is 16.7 Å². The van der Waals surface area contributed by atoms with Crippen molar-refractivity contribution in [3.05, 3.63) is 81.9 Å². The van der Waals surface area contributed by atoms with E-state index < -0.39 is 0 Å². The summed E-state index contributed by atoms with van der Waals surface area (Å²) in [6.07, 6.45) is 0.351. The lowest BCUT2D eigenvalue weighted by Crippen LogP contribution is -2.47. The molecule has 0 N–H and O–H groups in total. The molecule has 2 aromatic rings. The van der Waals surface area contributed by atoms with Crippen LogP contribution < -0.4 is 0 Å². The Kier molecular flexibility index (Phi) is 5.25. The first kappa shape index (κ1) is 18.8. The topological polar surface area (TPSA) is 47.3 Å². The number of nitrogens with zero attached hydrogens (tertiary/aromatic N) is 3. The molecule has 2 aromatic carbocycles. The van der Waals surface area contributed by atoms with Gasteiger partial charge in [0.1, 0.15) is 0 Å². The van der Waals surface area contributed by atoms with Gasteiger partial charge in [0.15, 0.2) is 0 Å². The molecule has 0 radical (unpaired) electrons. The minimum atomic E-state index is -0.144. The summed E-state index contributed by atoms with van der Waals surface area (Å²) in [6, 6.07) is 21.1. The molecule has 0 aromatic heterocycles. The zero-order chi connectivity index (χ0) is 19.7. The Bertz CT molecular complexity index is 946. The van der Waals surface area contributed by atoms with Gasteiger partial charge < -0.3 is 0 Å². The molecule has 0 unspecified atom stereocenters. The first-order chi connectivity index (χ1) is 13.6. The number of carbonyl (C=O) groups excluding carboxylic acids is 1. The summed E-state index contributed by atoms with van der Waals surface area (Å²) in [4.78, 5) is 17.1. The van der Waals surface area contributed by atoms with Crippen LogP contribution >= 0.6 is 11.8 Å². The van der Waals surface area contributed by atoms with Crippen LogP contribution in [0.2, 0.25) is 0 Å². The second kappa shape index (κ2) is 7.83. The third kappa shape index (κ3) is 3.46. The van der Waals surface area contributed by atoms with Gasteiger partial charge in [0.05, 0.1) is 29.2 Å². The van der Waals surface area contributed by atoms with Gasteiger partial charge in [-0.05, 0) is 25.0 Å². The Morgan fingerprint density at radius 1 is 1.14 bits per heavy atom. The van der Waals surface area contributed by atoms with Crippen molar-refractivity contribution in [2.75, 3.05) is 12.5 Å². The number of rotatable bonds is 3. The fourth-order valence-electron chi connectivity index (χ4n) is 3.85. The number of hydrogen-bond acceptors (Lipinski definition) is 4. The molecule has 2 atom stereocenters. The molecule has 0 saturated carbocycles. The van der Waals surface area contributed by atoms with Gasteiger partial charge in [-0.2, -0.15) is 5.26 Å². The molecule has 2 aliphatic heterocycles. The van der Waals surface area contributed by atoms with Crippen LogP contribution in [0.3, 0.4) is 0 Å². The van der Waals surface area contributed by atoms with Crippen LogP contribution in [-0.2, 0) is 4.79 Å². The Balaban J connectivity index is 1.62. The van der Waals surface area contributed by atoms with Crippen molar-refractivity contribution >= 4 is 17.7 Å². The van der Waals surface area contributed by atoms with E-state index in [9.17, 15) is 10.1 Å². The minimum absolute atomic E-state index is 0.0945. The summed E-state index contributed by atoms with van der Waals surface area (Å²) in [5.74, 6) is 0.716. The van der Waals surface area contributed by atoms with Crippen molar-refractivity contribution in [2.24, 2.45) is 0 Å². The second-order valence-corrected chi connectivity index (χ2v) is 8.34. The molecule has 2 heterocycles. The molecule has 1 amide bonds. The van der Waals surface area contributed by atoms with E-state index in [2.05, 4.69) is 30.0 Å². The largest absolute Gasteiger partial charge is 0.292 e. The van der Waals surface area contributed by atoms with Crippen LogP contribution in [0.15, 0.2) is 65.2 Å². The smallest absolute Gasteiger partial charge is 0.229 e. The highest BCUT2D eigenvalue weighted by atomic mass is 32.2. The van der Waals surface area contributed by atoms with Crippen LogP contribution in [-0.4, -0.2) is 28.3 Å². The number of allylic oxidation sites excluding steroid dienone is 1. The first-order valence-corrected chi connectivity index (χ1v) is 10.5. The predicted molar refractivity (Wildman–Crippen MR) is 112 cm³/mol. The maximum Gasteiger partial charge on any atom is 0.229 e. The number of hydrogen-bond donors (Lipinski definition) is 0. The molecule has 1 fully saturated rings. The van der Waals surface area contributed by atoms with Crippen molar-refractivity contribution in [3.8, 4) is 6.07 Å². The van der Waals surface area contributed by atoms with Crippen LogP contribution in [0.25, 0.3) is 0 Å². The summed E-state index contributed by atoms with van der Waals surface area (Å²) in [5.41, 5.74) is 4.18. The van der Waals surface area contributed by atoms with E-state index in [1.165, 1.54) is 11.1 Å². The number of thioether (sulfide) groups is 1. The molecule has 0 spiro atoms. The van der Waals surface area contributed by atoms with Gasteiger partial charge in [-0.3, -0.25) is 14.6 Å². The van der Waals surface area contributed by atoms with Crippen LogP contribution in [0.4, 0.5) is 0 Å². The average molecular weight is 390 g/mol. The number of benzene rings is 2. The third-order valence-corrected chi connectivity index (χ3v) is 6.80. The van der Waals surface area contributed by atoms with E-state index in [0.717, 1.165) is 22.0 Å². The normalized spacial score (nSPS) is 21.2. The number of fused-ring (bicyclic) bond motifs is 1. The monoisotopic (exact) mass is 389 g/mol. The van der Waals surface area contributed by atoms with Gasteiger partial charge in [-0.1, -0.05) is 71.9 Å². The van der Waals surface area contributed by atoms with Gasteiger partial charge in [-0.25, -0.2) is 0 Å². The van der Waals surface area contributed by atoms with E-state index >= 15 is 0 Å². The number of nitriles is 1. The fraction of sp³-hybridized carbons (Fsp3) is 0.304. The van der Waals surface area contributed by atoms with E-state index in [-0.39, 0.29) is 17.9 Å². The van der Waals surface area contributed by atoms with E-state index in [0.29, 0.717) is 13.1 Å². The standard InChI is InChI=1S/C23H23N3OS/c1-16-8-10-19(11-9-16)20-12-22(27)26-14-25(15-28-23(26)21(20)13-24)17(2)18-6-4-3-5-7-18/h3-11,17,20H,12,14-15H2,1-2H3/t17-,20+/m0/s1. The Labute approximate surface area is 170 Å². The molecule has 28 heavy (non-hydrogen) atoms. The van der Waals surface area contributed by atoms with Crippen molar-refractivity contribution in [1.82, 2.24) is 9.80 Å². The molecule has 0 aliphatic carbocycles. The molecule has 0 bridgehead atoms. The van der Waals surface area contributed by atoms with Gasteiger partial charge >= 0.3 is 0 Å². The van der Waals surface area contributed by atoms with Crippen molar-refractivity contribution in [1.29, 1.82) is 5.26 Å². The lowest BCUT2D eigenvalue weighted by molar-refractivity contribution is -0.132. The number of aryl methyl sites for hydroxylation is 1. The number of amides is 1. The maximum atomic E-state index is 13.0. The molecule has 4 nitrogen and oxygen atoms in total. The molecular weight excluding hydrogens is 366 g/mol. The van der Waals surface area contributed by atoms with Crippen molar-refractivity contribution in [3.63, 3.8) is 0 Å². The summed E-state index contributed by atoms with van der Waals surface area (Å²) in [5, 5.41) is 10.7. The third-order valence-electron chi connectivity index (χ3n) is 5.62. The van der Waals surface area contributed by atoms with Gasteiger partial charge in [0.25, 0.3) is 0 Å². The predicted octanol–water partition coefficient (Wildman–Crippen LogP) is 4.77. The summed E-state index contributed by atoms with van der Waals surface area (Å²) >= 11 is 1.60. The first-order valence-electron chi connectivity index (χ1n) is 9.51. The highest BCUT2D eigenvalue weighted by Gasteiger charge is 2.39. The molecule has 1 saturated heterocycles. The molecule has 142 valence electrons. The lowest BCUT2D eigenvalue weighted by Gasteiger charge is -2.43. The summed E-state index contributed by atoms with van der Waals surface area (Å²) in [6.45, 7) is 4.74. The van der Waals surface area contributed by atoms with Crippen molar-refractivity contribution in [2.45, 2.75) is 32.2 Å². The highest BCUT2D eigenvalue weighted by molar-refractivity contribution is 8.03. The molecular formula is C23H23N3OS. The maximum absolute atomic E-state index is 13.0. The Morgan fingerprint density at radius 3 is 2.54 bits per heavy atom. The fourth-order valence-corrected chi connectivity index (χ4v) is 5.10.